The smallest absolute Gasteiger partial charge is 0.336 e. The lowest BCUT2D eigenvalue weighted by atomic mass is 10.1. The first-order chi connectivity index (χ1) is 18.3. The zero-order chi connectivity index (χ0) is 28.8. The van der Waals surface area contributed by atoms with E-state index in [1.165, 1.54) is 26.5 Å². The number of carbonyl (C=O) groups excluding carboxylic acids is 1. The van der Waals surface area contributed by atoms with Crippen LogP contribution in [0, 0.1) is 0 Å². The molecule has 0 aliphatic carbocycles. The second kappa shape index (κ2) is 12.6. The van der Waals surface area contributed by atoms with E-state index in [9.17, 15) is 19.3 Å². The van der Waals surface area contributed by atoms with Crippen molar-refractivity contribution in [2.24, 2.45) is 0 Å². The number of hydrogen-bond acceptors (Lipinski definition) is 10. The summed E-state index contributed by atoms with van der Waals surface area (Å²) in [6.07, 6.45) is 0.133. The molecule has 3 atom stereocenters. The minimum atomic E-state index is -4.11. The topological polar surface area (TPSA) is 181 Å². The molecular formula is C25H35N6O7P. The maximum atomic E-state index is 14.1. The van der Waals surface area contributed by atoms with E-state index in [-0.39, 0.29) is 18.8 Å². The number of rotatable bonds is 14. The molecule has 3 aromatic rings. The lowest BCUT2D eigenvalue weighted by Crippen LogP contribution is -2.46. The van der Waals surface area contributed by atoms with Gasteiger partial charge in [-0.15, -0.1) is 0 Å². The van der Waals surface area contributed by atoms with E-state index < -0.39 is 49.7 Å². The molecule has 0 fully saturated rings. The molecule has 0 saturated heterocycles. The largest absolute Gasteiger partial charge is 0.480 e. The monoisotopic (exact) mass is 562 g/mol. The number of carbonyl (C=O) groups is 2. The molecule has 2 heterocycles. The summed E-state index contributed by atoms with van der Waals surface area (Å²) in [7, 11) is -4.11. The minimum absolute atomic E-state index is 0.0588. The van der Waals surface area contributed by atoms with Gasteiger partial charge in [0.2, 0.25) is 0 Å². The Labute approximate surface area is 226 Å². The van der Waals surface area contributed by atoms with E-state index in [4.69, 9.17) is 19.7 Å². The van der Waals surface area contributed by atoms with Gasteiger partial charge in [0.1, 0.15) is 23.7 Å². The highest BCUT2D eigenvalue weighted by Crippen LogP contribution is 2.47. The van der Waals surface area contributed by atoms with Crippen molar-refractivity contribution in [3.8, 4) is 0 Å². The lowest BCUT2D eigenvalue weighted by molar-refractivity contribution is -0.156. The zero-order valence-corrected chi connectivity index (χ0v) is 23.5. The van der Waals surface area contributed by atoms with Crippen LogP contribution in [0.15, 0.2) is 43.0 Å². The summed E-state index contributed by atoms with van der Waals surface area (Å²) in [5.74, 6) is -1.74. The molecule has 13 nitrogen and oxygen atoms in total. The van der Waals surface area contributed by atoms with Gasteiger partial charge in [-0.1, -0.05) is 30.3 Å². The Morgan fingerprint density at radius 2 is 1.85 bits per heavy atom. The van der Waals surface area contributed by atoms with Gasteiger partial charge in [-0.2, -0.15) is 0 Å². The Kier molecular flexibility index (Phi) is 9.78. The minimum Gasteiger partial charge on any atom is -0.480 e. The number of fused-ring (bicyclic) bond motifs is 1. The van der Waals surface area contributed by atoms with Gasteiger partial charge in [-0.05, 0) is 40.2 Å². The highest BCUT2D eigenvalue weighted by atomic mass is 31.2. The van der Waals surface area contributed by atoms with Gasteiger partial charge in [0, 0.05) is 6.42 Å². The number of nitrogen functional groups attached to an aromatic ring is 1. The normalized spacial score (nSPS) is 15.1. The van der Waals surface area contributed by atoms with Crippen LogP contribution in [0.2, 0.25) is 0 Å². The molecule has 3 rings (SSSR count). The second-order valence-corrected chi connectivity index (χ2v) is 12.0. The van der Waals surface area contributed by atoms with Crippen LogP contribution in [0.1, 0.15) is 40.2 Å². The first kappa shape index (κ1) is 30.2. The molecule has 0 radical (unpaired) electrons. The highest BCUT2D eigenvalue weighted by molar-refractivity contribution is 7.56. The summed E-state index contributed by atoms with van der Waals surface area (Å²) in [5.41, 5.74) is 5.88. The van der Waals surface area contributed by atoms with E-state index in [0.717, 1.165) is 5.56 Å². The first-order valence-corrected chi connectivity index (χ1v) is 14.2. The van der Waals surface area contributed by atoms with Crippen LogP contribution < -0.4 is 10.8 Å². The fourth-order valence-corrected chi connectivity index (χ4v) is 5.80. The van der Waals surface area contributed by atoms with E-state index >= 15 is 0 Å². The van der Waals surface area contributed by atoms with Gasteiger partial charge in [0.05, 0.1) is 25.1 Å². The fraction of sp³-hybridized carbons (Fsp3) is 0.480. The molecule has 1 aromatic carbocycles. The number of carboxylic acids is 1. The molecule has 0 amide bonds. The number of anilines is 1. The second-order valence-electron chi connectivity index (χ2n) is 9.92. The summed E-state index contributed by atoms with van der Waals surface area (Å²) in [6, 6.07) is 9.02. The third-order valence-corrected chi connectivity index (χ3v) is 7.56. The van der Waals surface area contributed by atoms with Crippen LogP contribution >= 0.6 is 7.52 Å². The Morgan fingerprint density at radius 3 is 2.49 bits per heavy atom. The average Bonchev–Trinajstić information content (AvgIpc) is 3.26. The van der Waals surface area contributed by atoms with E-state index in [1.807, 2.05) is 6.07 Å². The molecule has 0 aliphatic rings. The summed E-state index contributed by atoms with van der Waals surface area (Å²) in [6.45, 7) is 8.05. The maximum Gasteiger partial charge on any atom is 0.336 e. The van der Waals surface area contributed by atoms with Crippen molar-refractivity contribution in [3.05, 3.63) is 48.5 Å². The van der Waals surface area contributed by atoms with E-state index in [0.29, 0.717) is 11.2 Å². The predicted molar refractivity (Wildman–Crippen MR) is 144 cm³/mol. The summed E-state index contributed by atoms with van der Waals surface area (Å²) < 4.78 is 32.9. The number of hydrogen-bond donors (Lipinski definition) is 3. The number of aliphatic carboxylic acids is 1. The molecule has 212 valence electrons. The van der Waals surface area contributed by atoms with Gasteiger partial charge in [-0.3, -0.25) is 9.36 Å². The molecule has 14 heteroatoms. The van der Waals surface area contributed by atoms with Crippen molar-refractivity contribution >= 4 is 36.4 Å². The van der Waals surface area contributed by atoms with Crippen LogP contribution in [0.5, 0.6) is 0 Å². The van der Waals surface area contributed by atoms with Crippen LogP contribution in [-0.4, -0.2) is 66.8 Å². The average molecular weight is 563 g/mol. The number of carboxylic acid groups (broad SMARTS) is 1. The molecule has 0 aliphatic heterocycles. The molecule has 2 aromatic heterocycles. The molecule has 0 spiro atoms. The molecule has 0 bridgehead atoms. The number of ether oxygens (including phenoxy) is 2. The Bertz CT molecular complexity index is 1330. The van der Waals surface area contributed by atoms with Crippen molar-refractivity contribution in [2.75, 3.05) is 12.1 Å². The van der Waals surface area contributed by atoms with E-state index in [1.54, 1.807) is 49.6 Å². The molecule has 39 heavy (non-hydrogen) atoms. The van der Waals surface area contributed by atoms with Crippen molar-refractivity contribution in [3.63, 3.8) is 0 Å². The van der Waals surface area contributed by atoms with Crippen molar-refractivity contribution < 1.29 is 33.3 Å². The lowest BCUT2D eigenvalue weighted by Gasteiger charge is -2.31. The molecular weight excluding hydrogens is 527 g/mol. The van der Waals surface area contributed by atoms with Gasteiger partial charge < -0.3 is 29.4 Å². The third-order valence-electron chi connectivity index (χ3n) is 5.57. The number of imidazole rings is 1. The van der Waals surface area contributed by atoms with Gasteiger partial charge >= 0.3 is 11.9 Å². The van der Waals surface area contributed by atoms with Crippen molar-refractivity contribution in [1.82, 2.24) is 24.6 Å². The number of nitrogens with two attached hydrogens (primary N) is 1. The molecule has 3 unspecified atom stereocenters. The quantitative estimate of drug-likeness (QED) is 0.193. The van der Waals surface area contributed by atoms with Crippen LogP contribution in [0.3, 0.4) is 0 Å². The number of nitrogens with zero attached hydrogens (tertiary/aromatic N) is 4. The van der Waals surface area contributed by atoms with Crippen LogP contribution in [0.4, 0.5) is 5.82 Å². The van der Waals surface area contributed by atoms with Crippen LogP contribution in [-0.2, 0) is 41.1 Å². The van der Waals surface area contributed by atoms with Gasteiger partial charge in [-0.25, -0.2) is 24.8 Å². The van der Waals surface area contributed by atoms with Gasteiger partial charge in [0.15, 0.2) is 17.6 Å². The van der Waals surface area contributed by atoms with Gasteiger partial charge in [0.25, 0.3) is 7.52 Å². The summed E-state index contributed by atoms with van der Waals surface area (Å²) >= 11 is 0. The number of esters is 1. The zero-order valence-electron chi connectivity index (χ0n) is 22.6. The molecule has 4 N–H and O–H groups in total. The Balaban J connectivity index is 1.82. The number of benzene rings is 1. The van der Waals surface area contributed by atoms with Crippen LogP contribution in [0.25, 0.3) is 11.2 Å². The fourth-order valence-electron chi connectivity index (χ4n) is 3.66. The standard InChI is InChI=1S/C25H35N6O7P/c1-16(2)37-23(32)19(11-18-9-7-6-8-10-18)38-39(35,30-25(4,5)24(33)34)15-36-17(3)12-31-14-29-20-21(26)27-13-28-22(20)31/h6-10,13-14,16-17,19H,11-12,15H2,1-5H3,(H,30,35)(H,33,34)(H2,26,27,28). The Hall–Kier alpha value is -3.38. The Morgan fingerprint density at radius 1 is 1.15 bits per heavy atom. The summed E-state index contributed by atoms with van der Waals surface area (Å²) in [4.78, 5) is 37.1. The molecule has 0 saturated carbocycles. The third kappa shape index (κ3) is 8.30. The number of nitrogens with one attached hydrogen (secondary N) is 1. The van der Waals surface area contributed by atoms with E-state index in [2.05, 4.69) is 20.0 Å². The maximum absolute atomic E-state index is 14.1. The van der Waals surface area contributed by atoms with Crippen molar-refractivity contribution in [1.29, 1.82) is 0 Å². The highest BCUT2D eigenvalue weighted by Gasteiger charge is 2.41. The summed E-state index contributed by atoms with van der Waals surface area (Å²) in [5, 5.41) is 12.3. The SMILES string of the molecule is CC(C)OC(=O)C(Cc1ccccc1)OP(=O)(COC(C)Cn1cnc2c(N)ncnc21)NC(C)(C)C(=O)O. The predicted octanol–water partition coefficient (Wildman–Crippen LogP) is 3.00. The number of aromatic nitrogens is 4. The first-order valence-electron chi connectivity index (χ1n) is 12.4. The van der Waals surface area contributed by atoms with Crippen molar-refractivity contribution in [2.45, 2.75) is 71.4 Å².